The van der Waals surface area contributed by atoms with Gasteiger partial charge in [0.05, 0.1) is 13.7 Å². The van der Waals surface area contributed by atoms with Crippen molar-refractivity contribution in [1.29, 1.82) is 0 Å². The van der Waals surface area contributed by atoms with Crippen molar-refractivity contribution < 1.29 is 9.47 Å². The summed E-state index contributed by atoms with van der Waals surface area (Å²) in [7, 11) is 1.74. The maximum absolute atomic E-state index is 6.38. The zero-order valence-electron chi connectivity index (χ0n) is 16.5. The minimum Gasteiger partial charge on any atom is -0.496 e. The average Bonchev–Trinajstić information content (AvgIpc) is 2.67. The Labute approximate surface area is 157 Å². The lowest BCUT2D eigenvalue weighted by atomic mass is 9.73. The number of hydrogen-bond donors (Lipinski definition) is 1. The van der Waals surface area contributed by atoms with Gasteiger partial charge in [0.25, 0.3) is 0 Å². The van der Waals surface area contributed by atoms with Gasteiger partial charge in [0.15, 0.2) is 5.96 Å². The van der Waals surface area contributed by atoms with E-state index in [0.717, 1.165) is 44.9 Å². The van der Waals surface area contributed by atoms with Crippen LogP contribution in [-0.4, -0.2) is 50.8 Å². The molecule has 0 aliphatic carbocycles. The molecule has 2 fully saturated rings. The molecule has 2 saturated heterocycles. The van der Waals surface area contributed by atoms with Crippen LogP contribution in [-0.2, 0) is 10.2 Å². The summed E-state index contributed by atoms with van der Waals surface area (Å²) in [6.45, 7) is 8.65. The molecule has 0 amide bonds. The number of aliphatic imine (C=N–C) groups is 1. The number of rotatable bonds is 4. The van der Waals surface area contributed by atoms with Crippen LogP contribution in [0.15, 0.2) is 23.2 Å². The van der Waals surface area contributed by atoms with Crippen molar-refractivity contribution in [3.8, 4) is 5.75 Å². The summed E-state index contributed by atoms with van der Waals surface area (Å²) < 4.78 is 11.3. The first-order chi connectivity index (χ1) is 12.5. The second kappa shape index (κ2) is 8.30. The van der Waals surface area contributed by atoms with Crippen molar-refractivity contribution in [3.05, 3.63) is 29.3 Å². The zero-order valence-corrected chi connectivity index (χ0v) is 16.5. The van der Waals surface area contributed by atoms with Crippen molar-refractivity contribution >= 4 is 5.96 Å². The molecule has 2 N–H and O–H groups in total. The van der Waals surface area contributed by atoms with Gasteiger partial charge in [0.1, 0.15) is 5.75 Å². The van der Waals surface area contributed by atoms with Crippen molar-refractivity contribution in [1.82, 2.24) is 4.90 Å². The summed E-state index contributed by atoms with van der Waals surface area (Å²) >= 11 is 0. The van der Waals surface area contributed by atoms with Gasteiger partial charge in [-0.25, -0.2) is 0 Å². The Balaban J connectivity index is 1.86. The molecule has 1 atom stereocenters. The van der Waals surface area contributed by atoms with Crippen molar-refractivity contribution in [2.45, 2.75) is 44.9 Å². The van der Waals surface area contributed by atoms with Gasteiger partial charge in [0.2, 0.25) is 0 Å². The molecule has 0 aromatic heterocycles. The first kappa shape index (κ1) is 19.0. The van der Waals surface area contributed by atoms with Gasteiger partial charge in [-0.3, -0.25) is 4.99 Å². The molecule has 0 radical (unpaired) electrons. The molecule has 5 nitrogen and oxygen atoms in total. The van der Waals surface area contributed by atoms with Crippen LogP contribution in [0.1, 0.15) is 43.7 Å². The minimum absolute atomic E-state index is 0.0678. The fraction of sp³-hybridized carbons (Fsp3) is 0.667. The van der Waals surface area contributed by atoms with E-state index in [1.54, 1.807) is 7.11 Å². The number of ether oxygens (including phenoxy) is 2. The molecule has 5 heteroatoms. The molecule has 0 spiro atoms. The molecule has 2 aliphatic heterocycles. The number of piperidine rings is 1. The summed E-state index contributed by atoms with van der Waals surface area (Å²) in [4.78, 5) is 7.11. The average molecular weight is 360 g/mol. The molecule has 1 aromatic rings. The maximum atomic E-state index is 6.38. The van der Waals surface area contributed by atoms with Gasteiger partial charge in [0, 0.05) is 37.3 Å². The molecular formula is C21H33N3O2. The monoisotopic (exact) mass is 359 g/mol. The number of methoxy groups -OCH3 is 1. The lowest BCUT2D eigenvalue weighted by molar-refractivity contribution is 0.0521. The van der Waals surface area contributed by atoms with Crippen LogP contribution in [0.5, 0.6) is 5.75 Å². The zero-order chi connectivity index (χ0) is 18.6. The molecular weight excluding hydrogens is 326 g/mol. The van der Waals surface area contributed by atoms with E-state index in [1.807, 2.05) is 0 Å². The second-order valence-electron chi connectivity index (χ2n) is 7.96. The fourth-order valence-electron chi connectivity index (χ4n) is 4.24. The molecule has 2 heterocycles. The van der Waals surface area contributed by atoms with Crippen LogP contribution in [0, 0.1) is 12.8 Å². The van der Waals surface area contributed by atoms with E-state index in [9.17, 15) is 0 Å². The quantitative estimate of drug-likeness (QED) is 0.663. The molecule has 26 heavy (non-hydrogen) atoms. The number of aryl methyl sites for hydroxylation is 1. The van der Waals surface area contributed by atoms with Gasteiger partial charge >= 0.3 is 0 Å². The fourth-order valence-corrected chi connectivity index (χ4v) is 4.24. The highest BCUT2D eigenvalue weighted by atomic mass is 16.5. The number of nitrogens with two attached hydrogens (primary N) is 1. The Kier molecular flexibility index (Phi) is 6.07. The third-order valence-electron chi connectivity index (χ3n) is 5.90. The topological polar surface area (TPSA) is 60.1 Å². The van der Waals surface area contributed by atoms with Gasteiger partial charge in [-0.05, 0) is 44.6 Å². The summed E-state index contributed by atoms with van der Waals surface area (Å²) in [6.07, 6.45) is 4.37. The Bertz CT molecular complexity index is 638. The predicted octanol–water partition coefficient (Wildman–Crippen LogP) is 3.10. The van der Waals surface area contributed by atoms with Crippen LogP contribution >= 0.6 is 0 Å². The van der Waals surface area contributed by atoms with Gasteiger partial charge in [-0.2, -0.15) is 0 Å². The SMILES string of the molecule is COc1ccc(C)cc1C1(CN=C(N)N2CCCC(C)C2)CCOCC1. The highest BCUT2D eigenvalue weighted by molar-refractivity contribution is 5.78. The minimum atomic E-state index is -0.0678. The van der Waals surface area contributed by atoms with Crippen LogP contribution in [0.2, 0.25) is 0 Å². The Morgan fingerprint density at radius 2 is 2.15 bits per heavy atom. The van der Waals surface area contributed by atoms with Crippen LogP contribution in [0.25, 0.3) is 0 Å². The molecule has 0 saturated carbocycles. The van der Waals surface area contributed by atoms with E-state index in [0.29, 0.717) is 18.4 Å². The summed E-state index contributed by atoms with van der Waals surface area (Å²) in [5, 5.41) is 0. The van der Waals surface area contributed by atoms with E-state index in [-0.39, 0.29) is 5.41 Å². The number of guanidine groups is 1. The number of likely N-dealkylation sites (tertiary alicyclic amines) is 1. The molecule has 3 rings (SSSR count). The third kappa shape index (κ3) is 4.14. The largest absolute Gasteiger partial charge is 0.496 e. The van der Waals surface area contributed by atoms with Crippen molar-refractivity contribution in [2.24, 2.45) is 16.6 Å². The summed E-state index contributed by atoms with van der Waals surface area (Å²) in [5.74, 6) is 2.32. The molecule has 144 valence electrons. The van der Waals surface area contributed by atoms with Crippen molar-refractivity contribution in [2.75, 3.05) is 40.0 Å². The highest BCUT2D eigenvalue weighted by Gasteiger charge is 2.37. The van der Waals surface area contributed by atoms with Crippen LogP contribution in [0.3, 0.4) is 0 Å². The number of hydrogen-bond acceptors (Lipinski definition) is 3. The number of nitrogens with zero attached hydrogens (tertiary/aromatic N) is 2. The van der Waals surface area contributed by atoms with E-state index in [4.69, 9.17) is 20.2 Å². The first-order valence-corrected chi connectivity index (χ1v) is 9.82. The van der Waals surface area contributed by atoms with E-state index < -0.39 is 0 Å². The maximum Gasteiger partial charge on any atom is 0.191 e. The Hall–Kier alpha value is -1.75. The van der Waals surface area contributed by atoms with E-state index >= 15 is 0 Å². The van der Waals surface area contributed by atoms with E-state index in [2.05, 4.69) is 36.9 Å². The smallest absolute Gasteiger partial charge is 0.191 e. The van der Waals surface area contributed by atoms with Crippen LogP contribution in [0.4, 0.5) is 0 Å². The van der Waals surface area contributed by atoms with Crippen LogP contribution < -0.4 is 10.5 Å². The van der Waals surface area contributed by atoms with Crippen molar-refractivity contribution in [3.63, 3.8) is 0 Å². The molecule has 1 aromatic carbocycles. The summed E-state index contributed by atoms with van der Waals surface area (Å²) in [6, 6.07) is 6.42. The number of benzene rings is 1. The summed E-state index contributed by atoms with van der Waals surface area (Å²) in [5.41, 5.74) is 8.80. The standard InChI is InChI=1S/C21H33N3O2/c1-16-6-7-19(25-3)18(13-16)21(8-11-26-12-9-21)15-23-20(22)24-10-4-5-17(2)14-24/h6-7,13,17H,4-5,8-12,14-15H2,1-3H3,(H2,22,23). The lowest BCUT2D eigenvalue weighted by Crippen LogP contribution is -2.45. The Morgan fingerprint density at radius 1 is 1.38 bits per heavy atom. The van der Waals surface area contributed by atoms with Gasteiger partial charge in [-0.1, -0.05) is 24.6 Å². The highest BCUT2D eigenvalue weighted by Crippen LogP contribution is 2.40. The third-order valence-corrected chi connectivity index (χ3v) is 5.90. The molecule has 2 aliphatic rings. The van der Waals surface area contributed by atoms with E-state index in [1.165, 1.54) is 24.0 Å². The Morgan fingerprint density at radius 3 is 2.85 bits per heavy atom. The van der Waals surface area contributed by atoms with Gasteiger partial charge in [-0.15, -0.1) is 0 Å². The predicted molar refractivity (Wildman–Crippen MR) is 106 cm³/mol. The molecule has 1 unspecified atom stereocenters. The second-order valence-corrected chi connectivity index (χ2v) is 7.96. The normalized spacial score (nSPS) is 23.7. The molecule has 0 bridgehead atoms. The van der Waals surface area contributed by atoms with Gasteiger partial charge < -0.3 is 20.1 Å². The lowest BCUT2D eigenvalue weighted by Gasteiger charge is -2.38. The first-order valence-electron chi connectivity index (χ1n) is 9.82.